The molecule has 1 saturated heterocycles. The van der Waals surface area contributed by atoms with Crippen molar-refractivity contribution in [3.05, 3.63) is 29.3 Å². The van der Waals surface area contributed by atoms with Crippen molar-refractivity contribution in [3.8, 4) is 0 Å². The van der Waals surface area contributed by atoms with Crippen molar-refractivity contribution in [2.75, 3.05) is 18.1 Å². The van der Waals surface area contributed by atoms with E-state index in [4.69, 9.17) is 4.74 Å². The molecule has 0 radical (unpaired) electrons. The molecule has 1 aromatic rings. The second kappa shape index (κ2) is 4.84. The molecule has 0 N–H and O–H groups in total. The first-order valence-corrected chi connectivity index (χ1v) is 6.57. The summed E-state index contributed by atoms with van der Waals surface area (Å²) in [6, 6.07) is 2.80. The molecule has 2 aliphatic heterocycles. The van der Waals surface area contributed by atoms with Gasteiger partial charge in [-0.15, -0.1) is 0 Å². The minimum Gasteiger partial charge on any atom is -0.376 e. The molecule has 0 bridgehead atoms. The molecule has 7 heteroatoms. The van der Waals surface area contributed by atoms with Crippen LogP contribution in [0.1, 0.15) is 28.8 Å². The van der Waals surface area contributed by atoms with Crippen LogP contribution in [0.4, 0.5) is 18.9 Å². The summed E-state index contributed by atoms with van der Waals surface area (Å²) >= 11 is 0. The summed E-state index contributed by atoms with van der Waals surface area (Å²) in [4.78, 5) is 25.0. The monoisotopic (exact) mass is 299 g/mol. The highest BCUT2D eigenvalue weighted by Crippen LogP contribution is 2.36. The Hall–Kier alpha value is -1.89. The van der Waals surface area contributed by atoms with E-state index < -0.39 is 23.4 Å². The lowest BCUT2D eigenvalue weighted by Gasteiger charge is -2.20. The van der Waals surface area contributed by atoms with Gasteiger partial charge in [0.15, 0.2) is 0 Å². The number of amides is 1. The van der Waals surface area contributed by atoms with Gasteiger partial charge in [-0.2, -0.15) is 13.2 Å². The number of fused-ring (bicyclic) bond motifs is 1. The van der Waals surface area contributed by atoms with E-state index in [2.05, 4.69) is 0 Å². The standard InChI is InChI=1S/C14H12F3NO3/c15-14(16,17)8-3-4-11-10(6-8)12(19)13(20)18(11)7-9-2-1-5-21-9/h3-4,6,9H,1-2,5,7H2. The number of carbonyl (C=O) groups is 2. The van der Waals surface area contributed by atoms with Gasteiger partial charge in [-0.05, 0) is 31.0 Å². The molecule has 21 heavy (non-hydrogen) atoms. The summed E-state index contributed by atoms with van der Waals surface area (Å²) < 4.78 is 43.4. The molecule has 3 rings (SSSR count). The fraction of sp³-hybridized carbons (Fsp3) is 0.429. The molecule has 1 amide bonds. The maximum absolute atomic E-state index is 12.7. The van der Waals surface area contributed by atoms with E-state index in [-0.39, 0.29) is 23.9 Å². The van der Waals surface area contributed by atoms with Crippen LogP contribution in [0.3, 0.4) is 0 Å². The lowest BCUT2D eigenvalue weighted by molar-refractivity contribution is -0.137. The smallest absolute Gasteiger partial charge is 0.376 e. The topological polar surface area (TPSA) is 46.6 Å². The number of alkyl halides is 3. The fourth-order valence-corrected chi connectivity index (χ4v) is 2.65. The second-order valence-corrected chi connectivity index (χ2v) is 5.11. The van der Waals surface area contributed by atoms with E-state index in [9.17, 15) is 22.8 Å². The number of hydrogen-bond acceptors (Lipinski definition) is 3. The first-order chi connectivity index (χ1) is 9.88. The Morgan fingerprint density at radius 1 is 1.29 bits per heavy atom. The number of Topliss-reactive ketones (excluding diaryl/α,β-unsaturated/α-hetero) is 1. The van der Waals surface area contributed by atoms with Crippen LogP contribution in [0.2, 0.25) is 0 Å². The van der Waals surface area contributed by atoms with Crippen molar-refractivity contribution in [2.45, 2.75) is 25.1 Å². The van der Waals surface area contributed by atoms with Crippen molar-refractivity contribution in [3.63, 3.8) is 0 Å². The fourth-order valence-electron chi connectivity index (χ4n) is 2.65. The Morgan fingerprint density at radius 2 is 2.05 bits per heavy atom. The molecule has 0 saturated carbocycles. The van der Waals surface area contributed by atoms with Crippen molar-refractivity contribution < 1.29 is 27.5 Å². The van der Waals surface area contributed by atoms with Gasteiger partial charge in [0, 0.05) is 6.61 Å². The van der Waals surface area contributed by atoms with E-state index in [1.807, 2.05) is 0 Å². The molecular formula is C14H12F3NO3. The minimum absolute atomic E-state index is 0.171. The molecular weight excluding hydrogens is 287 g/mol. The van der Waals surface area contributed by atoms with Crippen LogP contribution in [0.25, 0.3) is 0 Å². The second-order valence-electron chi connectivity index (χ2n) is 5.11. The van der Waals surface area contributed by atoms with Crippen LogP contribution in [0.15, 0.2) is 18.2 Å². The SMILES string of the molecule is O=C1C(=O)N(CC2CCCO2)c2ccc(C(F)(F)F)cc21. The molecule has 1 atom stereocenters. The van der Waals surface area contributed by atoms with Gasteiger partial charge in [0.2, 0.25) is 0 Å². The summed E-state index contributed by atoms with van der Waals surface area (Å²) in [5.74, 6) is -1.69. The highest BCUT2D eigenvalue weighted by molar-refractivity contribution is 6.52. The Kier molecular flexibility index (Phi) is 3.24. The van der Waals surface area contributed by atoms with E-state index in [0.29, 0.717) is 6.61 Å². The molecule has 4 nitrogen and oxygen atoms in total. The Bertz CT molecular complexity index is 606. The highest BCUT2D eigenvalue weighted by Gasteiger charge is 2.40. The molecule has 112 valence electrons. The summed E-state index contributed by atoms with van der Waals surface area (Å²) in [6.45, 7) is 0.795. The zero-order valence-corrected chi connectivity index (χ0v) is 10.9. The molecule has 1 unspecified atom stereocenters. The van der Waals surface area contributed by atoms with Crippen molar-refractivity contribution >= 4 is 17.4 Å². The van der Waals surface area contributed by atoms with Gasteiger partial charge in [0.25, 0.3) is 11.7 Å². The average Bonchev–Trinajstić information content (AvgIpc) is 3.01. The van der Waals surface area contributed by atoms with Crippen LogP contribution in [0.5, 0.6) is 0 Å². The largest absolute Gasteiger partial charge is 0.416 e. The van der Waals surface area contributed by atoms with Crippen LogP contribution in [-0.4, -0.2) is 30.9 Å². The normalized spacial score (nSPS) is 22.0. The lowest BCUT2D eigenvalue weighted by atomic mass is 10.1. The predicted molar refractivity (Wildman–Crippen MR) is 67.1 cm³/mol. The summed E-state index contributed by atoms with van der Waals surface area (Å²) in [6.07, 6.45) is -3.07. The van der Waals surface area contributed by atoms with Gasteiger partial charge in [-0.25, -0.2) is 0 Å². The van der Waals surface area contributed by atoms with Gasteiger partial charge in [-0.3, -0.25) is 9.59 Å². The Balaban J connectivity index is 1.93. The van der Waals surface area contributed by atoms with Crippen LogP contribution in [0, 0.1) is 0 Å². The number of anilines is 1. The third-order valence-corrected chi connectivity index (χ3v) is 3.71. The molecule has 2 heterocycles. The number of nitrogens with zero attached hydrogens (tertiary/aromatic N) is 1. The third-order valence-electron chi connectivity index (χ3n) is 3.71. The van der Waals surface area contributed by atoms with Crippen molar-refractivity contribution in [2.24, 2.45) is 0 Å². The first-order valence-electron chi connectivity index (χ1n) is 6.57. The van der Waals surface area contributed by atoms with Gasteiger partial charge in [0.1, 0.15) is 0 Å². The maximum atomic E-state index is 12.7. The van der Waals surface area contributed by atoms with Crippen LogP contribution in [-0.2, 0) is 15.7 Å². The molecule has 1 fully saturated rings. The zero-order chi connectivity index (χ0) is 15.2. The average molecular weight is 299 g/mol. The number of benzene rings is 1. The number of rotatable bonds is 2. The van der Waals surface area contributed by atoms with E-state index in [1.165, 1.54) is 11.0 Å². The Morgan fingerprint density at radius 3 is 2.67 bits per heavy atom. The lowest BCUT2D eigenvalue weighted by Crippen LogP contribution is -2.36. The summed E-state index contributed by atoms with van der Waals surface area (Å²) in [7, 11) is 0. The number of hydrogen-bond donors (Lipinski definition) is 0. The molecule has 2 aliphatic rings. The highest BCUT2D eigenvalue weighted by atomic mass is 19.4. The number of carbonyl (C=O) groups excluding carboxylic acids is 2. The third kappa shape index (κ3) is 2.42. The molecule has 0 aromatic heterocycles. The molecule has 1 aromatic carbocycles. The van der Waals surface area contributed by atoms with Gasteiger partial charge >= 0.3 is 6.18 Å². The number of ketones is 1. The number of halogens is 3. The quantitative estimate of drug-likeness (QED) is 0.788. The van der Waals surface area contributed by atoms with E-state index in [1.54, 1.807) is 0 Å². The van der Waals surface area contributed by atoms with Gasteiger partial charge in [0.05, 0.1) is 29.5 Å². The molecule has 0 spiro atoms. The summed E-state index contributed by atoms with van der Waals surface area (Å²) in [5.41, 5.74) is -0.886. The first kappa shape index (κ1) is 14.1. The van der Waals surface area contributed by atoms with Gasteiger partial charge < -0.3 is 9.64 Å². The van der Waals surface area contributed by atoms with Crippen LogP contribution >= 0.6 is 0 Å². The zero-order valence-electron chi connectivity index (χ0n) is 10.9. The summed E-state index contributed by atoms with van der Waals surface area (Å²) in [5, 5.41) is 0. The van der Waals surface area contributed by atoms with E-state index >= 15 is 0 Å². The van der Waals surface area contributed by atoms with Crippen molar-refractivity contribution in [1.82, 2.24) is 0 Å². The van der Waals surface area contributed by atoms with E-state index in [0.717, 1.165) is 25.0 Å². The Labute approximate surface area is 118 Å². The molecule has 0 aliphatic carbocycles. The minimum atomic E-state index is -4.54. The van der Waals surface area contributed by atoms with Crippen LogP contribution < -0.4 is 4.90 Å². The van der Waals surface area contributed by atoms with Gasteiger partial charge in [-0.1, -0.05) is 0 Å². The predicted octanol–water partition coefficient (Wildman–Crippen LogP) is 2.41. The number of ether oxygens (including phenoxy) is 1. The van der Waals surface area contributed by atoms with Crippen molar-refractivity contribution in [1.29, 1.82) is 0 Å². The maximum Gasteiger partial charge on any atom is 0.416 e.